The van der Waals surface area contributed by atoms with E-state index in [1.54, 1.807) is 30.3 Å². The molecule has 3 heteroatoms. The van der Waals surface area contributed by atoms with Crippen LogP contribution in [0.15, 0.2) is 30.3 Å². The molecule has 0 saturated heterocycles. The van der Waals surface area contributed by atoms with Crippen molar-refractivity contribution in [2.75, 3.05) is 0 Å². The highest BCUT2D eigenvalue weighted by Gasteiger charge is 2.31. The van der Waals surface area contributed by atoms with Crippen molar-refractivity contribution in [2.24, 2.45) is 0 Å². The van der Waals surface area contributed by atoms with Crippen molar-refractivity contribution < 1.29 is 13.9 Å². The van der Waals surface area contributed by atoms with Crippen molar-refractivity contribution in [1.82, 2.24) is 0 Å². The summed E-state index contributed by atoms with van der Waals surface area (Å²) in [4.78, 5) is 0. The lowest BCUT2D eigenvalue weighted by atomic mass is 9.97. The lowest BCUT2D eigenvalue weighted by molar-refractivity contribution is -0.0821. The van der Waals surface area contributed by atoms with E-state index in [1.165, 1.54) is 0 Å². The molecular weight excluding hydrogens is 174 g/mol. The van der Waals surface area contributed by atoms with Gasteiger partial charge in [0.2, 0.25) is 0 Å². The molecule has 1 rings (SSSR count). The van der Waals surface area contributed by atoms with E-state index in [-0.39, 0.29) is 6.42 Å². The summed E-state index contributed by atoms with van der Waals surface area (Å²) in [7, 11) is 0. The number of rotatable bonds is 3. The SMILES string of the molecule is CC(O)(Cc1ccccc1)C(F)F. The van der Waals surface area contributed by atoms with E-state index in [4.69, 9.17) is 0 Å². The van der Waals surface area contributed by atoms with Gasteiger partial charge in [0.25, 0.3) is 6.43 Å². The standard InChI is InChI=1S/C10H12F2O/c1-10(13,9(11)12)7-8-5-3-2-4-6-8/h2-6,9,13H,7H2,1H3. The minimum absolute atomic E-state index is 0.0223. The maximum atomic E-state index is 12.2. The third kappa shape index (κ3) is 2.77. The van der Waals surface area contributed by atoms with E-state index in [0.29, 0.717) is 5.56 Å². The third-order valence-corrected chi connectivity index (χ3v) is 1.87. The van der Waals surface area contributed by atoms with Gasteiger partial charge in [-0.25, -0.2) is 8.78 Å². The van der Waals surface area contributed by atoms with Crippen LogP contribution >= 0.6 is 0 Å². The molecule has 1 N–H and O–H groups in total. The van der Waals surface area contributed by atoms with Crippen LogP contribution in [0.4, 0.5) is 8.78 Å². The van der Waals surface area contributed by atoms with Crippen LogP contribution in [0, 0.1) is 0 Å². The molecule has 1 nitrogen and oxygen atoms in total. The van der Waals surface area contributed by atoms with Gasteiger partial charge in [-0.1, -0.05) is 30.3 Å². The summed E-state index contributed by atoms with van der Waals surface area (Å²) in [5.74, 6) is 0. The Morgan fingerprint density at radius 1 is 1.31 bits per heavy atom. The Bertz CT molecular complexity index is 257. The Balaban J connectivity index is 2.69. The van der Waals surface area contributed by atoms with Gasteiger partial charge < -0.3 is 5.11 Å². The quantitative estimate of drug-likeness (QED) is 0.767. The van der Waals surface area contributed by atoms with Gasteiger partial charge in [-0.15, -0.1) is 0 Å². The molecule has 0 spiro atoms. The molecule has 1 atom stereocenters. The summed E-state index contributed by atoms with van der Waals surface area (Å²) >= 11 is 0. The molecule has 13 heavy (non-hydrogen) atoms. The molecule has 0 aromatic heterocycles. The molecular formula is C10H12F2O. The minimum Gasteiger partial charge on any atom is -0.384 e. The van der Waals surface area contributed by atoms with Crippen molar-refractivity contribution >= 4 is 0 Å². The Kier molecular flexibility index (Phi) is 2.98. The second kappa shape index (κ2) is 3.83. The number of hydrogen-bond acceptors (Lipinski definition) is 1. The summed E-state index contributed by atoms with van der Waals surface area (Å²) in [6.07, 6.45) is -2.74. The van der Waals surface area contributed by atoms with Gasteiger partial charge in [0.1, 0.15) is 5.60 Å². The molecule has 0 bridgehead atoms. The van der Waals surface area contributed by atoms with Crippen LogP contribution in [0.2, 0.25) is 0 Å². The van der Waals surface area contributed by atoms with Crippen LogP contribution in [0.3, 0.4) is 0 Å². The molecule has 0 aliphatic carbocycles. The zero-order valence-corrected chi connectivity index (χ0v) is 7.37. The molecule has 1 unspecified atom stereocenters. The Labute approximate surface area is 76.0 Å². The smallest absolute Gasteiger partial charge is 0.266 e. The topological polar surface area (TPSA) is 20.2 Å². The molecule has 72 valence electrons. The van der Waals surface area contributed by atoms with Crippen molar-refractivity contribution in [3.05, 3.63) is 35.9 Å². The number of hydrogen-bond donors (Lipinski definition) is 1. The summed E-state index contributed by atoms with van der Waals surface area (Å²) in [6.45, 7) is 1.14. The van der Waals surface area contributed by atoms with E-state index < -0.39 is 12.0 Å². The van der Waals surface area contributed by atoms with Crippen LogP contribution in [0.5, 0.6) is 0 Å². The molecule has 0 aliphatic rings. The highest BCUT2D eigenvalue weighted by molar-refractivity contribution is 5.16. The zero-order valence-electron chi connectivity index (χ0n) is 7.37. The molecule has 0 saturated carbocycles. The van der Waals surface area contributed by atoms with Crippen LogP contribution in [-0.2, 0) is 6.42 Å². The third-order valence-electron chi connectivity index (χ3n) is 1.87. The predicted molar refractivity (Wildman–Crippen MR) is 46.8 cm³/mol. The first-order chi connectivity index (χ1) is 6.02. The van der Waals surface area contributed by atoms with E-state index in [1.807, 2.05) is 0 Å². The number of alkyl halides is 2. The van der Waals surface area contributed by atoms with Crippen molar-refractivity contribution in [3.63, 3.8) is 0 Å². The van der Waals surface area contributed by atoms with E-state index >= 15 is 0 Å². The summed E-state index contributed by atoms with van der Waals surface area (Å²) in [5.41, 5.74) is -1.21. The number of aliphatic hydroxyl groups is 1. The lowest BCUT2D eigenvalue weighted by Crippen LogP contribution is -2.35. The van der Waals surface area contributed by atoms with Crippen molar-refractivity contribution in [1.29, 1.82) is 0 Å². The van der Waals surface area contributed by atoms with Gasteiger partial charge in [-0.05, 0) is 12.5 Å². The molecule has 0 radical (unpaired) electrons. The molecule has 1 aromatic rings. The molecule has 0 aliphatic heterocycles. The Morgan fingerprint density at radius 2 is 1.85 bits per heavy atom. The zero-order chi connectivity index (χ0) is 9.90. The van der Waals surface area contributed by atoms with Crippen LogP contribution in [0.25, 0.3) is 0 Å². The summed E-state index contributed by atoms with van der Waals surface area (Å²) in [6, 6.07) is 8.77. The normalized spacial score (nSPS) is 15.8. The fraction of sp³-hybridized carbons (Fsp3) is 0.400. The van der Waals surface area contributed by atoms with E-state index in [0.717, 1.165) is 6.92 Å². The maximum absolute atomic E-state index is 12.2. The molecule has 1 aromatic carbocycles. The first-order valence-corrected chi connectivity index (χ1v) is 4.07. The second-order valence-electron chi connectivity index (χ2n) is 3.32. The minimum atomic E-state index is -2.72. The molecule has 0 heterocycles. The summed E-state index contributed by atoms with van der Waals surface area (Å²) < 4.78 is 24.5. The largest absolute Gasteiger partial charge is 0.384 e. The summed E-state index contributed by atoms with van der Waals surface area (Å²) in [5, 5.41) is 9.30. The monoisotopic (exact) mass is 186 g/mol. The van der Waals surface area contributed by atoms with Gasteiger partial charge >= 0.3 is 0 Å². The second-order valence-corrected chi connectivity index (χ2v) is 3.32. The lowest BCUT2D eigenvalue weighted by Gasteiger charge is -2.21. The average Bonchev–Trinajstić information content (AvgIpc) is 2.05. The number of halogens is 2. The van der Waals surface area contributed by atoms with E-state index in [9.17, 15) is 13.9 Å². The van der Waals surface area contributed by atoms with Crippen molar-refractivity contribution in [3.8, 4) is 0 Å². The maximum Gasteiger partial charge on any atom is 0.266 e. The van der Waals surface area contributed by atoms with Crippen molar-refractivity contribution in [2.45, 2.75) is 25.4 Å². The fourth-order valence-corrected chi connectivity index (χ4v) is 1.09. The van der Waals surface area contributed by atoms with Crippen LogP contribution in [-0.4, -0.2) is 17.1 Å². The molecule has 0 fully saturated rings. The van der Waals surface area contributed by atoms with Gasteiger partial charge in [0.05, 0.1) is 0 Å². The fourth-order valence-electron chi connectivity index (χ4n) is 1.09. The van der Waals surface area contributed by atoms with Crippen LogP contribution in [0.1, 0.15) is 12.5 Å². The first kappa shape index (κ1) is 10.1. The first-order valence-electron chi connectivity index (χ1n) is 4.07. The van der Waals surface area contributed by atoms with Gasteiger partial charge in [0.15, 0.2) is 0 Å². The highest BCUT2D eigenvalue weighted by Crippen LogP contribution is 2.20. The Morgan fingerprint density at radius 3 is 2.31 bits per heavy atom. The number of benzene rings is 1. The molecule has 0 amide bonds. The van der Waals surface area contributed by atoms with Gasteiger partial charge in [0, 0.05) is 6.42 Å². The van der Waals surface area contributed by atoms with Gasteiger partial charge in [-0.3, -0.25) is 0 Å². The van der Waals surface area contributed by atoms with Gasteiger partial charge in [-0.2, -0.15) is 0 Å². The predicted octanol–water partition coefficient (Wildman–Crippen LogP) is 2.25. The van der Waals surface area contributed by atoms with Crippen LogP contribution < -0.4 is 0 Å². The Hall–Kier alpha value is -0.960. The van der Waals surface area contributed by atoms with E-state index in [2.05, 4.69) is 0 Å². The average molecular weight is 186 g/mol. The highest BCUT2D eigenvalue weighted by atomic mass is 19.3.